The molecule has 0 aliphatic carbocycles. The first-order valence-corrected chi connectivity index (χ1v) is 9.96. The van der Waals surface area contributed by atoms with Gasteiger partial charge in [-0.1, -0.05) is 6.58 Å². The summed E-state index contributed by atoms with van der Waals surface area (Å²) in [4.78, 5) is 19.3. The molecular formula is C20H15F2N3O4S. The molecule has 0 saturated heterocycles. The zero-order valence-corrected chi connectivity index (χ0v) is 16.4. The maximum absolute atomic E-state index is 14.1. The van der Waals surface area contributed by atoms with Crippen LogP contribution in [-0.4, -0.2) is 33.3 Å². The first-order chi connectivity index (χ1) is 14.2. The van der Waals surface area contributed by atoms with Gasteiger partial charge in [0.25, 0.3) is 15.9 Å². The highest BCUT2D eigenvalue weighted by Crippen LogP contribution is 2.34. The average Bonchev–Trinajstić information content (AvgIpc) is 2.71. The van der Waals surface area contributed by atoms with Gasteiger partial charge in [0.1, 0.15) is 17.3 Å². The van der Waals surface area contributed by atoms with Crippen molar-refractivity contribution in [3.05, 3.63) is 71.7 Å². The fraction of sp³-hybridized carbons (Fsp3) is 0.0500. The molecule has 0 saturated carbocycles. The van der Waals surface area contributed by atoms with E-state index in [9.17, 15) is 22.0 Å². The van der Waals surface area contributed by atoms with Gasteiger partial charge < -0.3 is 4.74 Å². The molecule has 1 aliphatic heterocycles. The van der Waals surface area contributed by atoms with Crippen LogP contribution in [0.2, 0.25) is 0 Å². The molecule has 1 N–H and O–H groups in total. The number of carbonyl (C=O) groups excluding carboxylic acids is 1. The van der Waals surface area contributed by atoms with Crippen molar-refractivity contribution in [3.63, 3.8) is 0 Å². The van der Waals surface area contributed by atoms with Gasteiger partial charge in [-0.05, 0) is 36.4 Å². The lowest BCUT2D eigenvalue weighted by molar-refractivity contribution is -0.111. The van der Waals surface area contributed by atoms with Crippen LogP contribution in [0.1, 0.15) is 5.56 Å². The van der Waals surface area contributed by atoms with E-state index in [1.165, 1.54) is 37.5 Å². The highest BCUT2D eigenvalue weighted by Gasteiger charge is 2.19. The Morgan fingerprint density at radius 1 is 1.17 bits per heavy atom. The SMILES string of the molecule is C=CS(=O)(=O)Nc1ccc(Oc2ccc(F)cc2F)c(C2=CC(=NC)C(=O)N=C2)c1. The Hall–Kier alpha value is -3.66. The first-order valence-electron chi connectivity index (χ1n) is 8.42. The van der Waals surface area contributed by atoms with E-state index in [0.29, 0.717) is 17.2 Å². The van der Waals surface area contributed by atoms with E-state index in [2.05, 4.69) is 21.3 Å². The van der Waals surface area contributed by atoms with E-state index < -0.39 is 27.6 Å². The third-order valence-corrected chi connectivity index (χ3v) is 4.92. The van der Waals surface area contributed by atoms with Crippen LogP contribution in [0.5, 0.6) is 11.5 Å². The number of allylic oxidation sites excluding steroid dienone is 1. The van der Waals surface area contributed by atoms with Gasteiger partial charge in [0.15, 0.2) is 11.6 Å². The lowest BCUT2D eigenvalue weighted by Gasteiger charge is -2.16. The lowest BCUT2D eigenvalue weighted by atomic mass is 10.0. The average molecular weight is 431 g/mol. The molecule has 30 heavy (non-hydrogen) atoms. The molecule has 2 aromatic carbocycles. The number of nitrogens with zero attached hydrogens (tertiary/aromatic N) is 2. The van der Waals surface area contributed by atoms with Crippen LogP contribution in [0, 0.1) is 11.6 Å². The minimum absolute atomic E-state index is 0.0727. The molecule has 10 heteroatoms. The van der Waals surface area contributed by atoms with Gasteiger partial charge >= 0.3 is 0 Å². The Labute approximate surface area is 171 Å². The number of sulfonamides is 1. The van der Waals surface area contributed by atoms with Crippen molar-refractivity contribution in [1.29, 1.82) is 0 Å². The molecule has 0 unspecified atom stereocenters. The van der Waals surface area contributed by atoms with Crippen LogP contribution in [0.4, 0.5) is 14.5 Å². The molecule has 2 aromatic rings. The third-order valence-electron chi connectivity index (χ3n) is 3.96. The zero-order valence-electron chi connectivity index (χ0n) is 15.6. The molecule has 0 fully saturated rings. The van der Waals surface area contributed by atoms with E-state index in [4.69, 9.17) is 4.74 Å². The van der Waals surface area contributed by atoms with Gasteiger partial charge in [-0.25, -0.2) is 22.2 Å². The minimum atomic E-state index is -3.79. The molecule has 0 atom stereocenters. The molecule has 0 spiro atoms. The highest BCUT2D eigenvalue weighted by molar-refractivity contribution is 7.95. The number of amides is 1. The Bertz CT molecular complexity index is 1230. The van der Waals surface area contributed by atoms with Gasteiger partial charge in [0.2, 0.25) is 0 Å². The number of hydrogen-bond acceptors (Lipinski definition) is 5. The van der Waals surface area contributed by atoms with Crippen molar-refractivity contribution in [2.75, 3.05) is 11.8 Å². The standard InChI is InChI=1S/C20H15F2N3O4S/c1-3-30(27,28)25-14-5-7-18(29-19-6-4-13(21)9-16(19)22)15(10-14)12-8-17(23-2)20(26)24-11-12/h3-11,25H,1H2,2H3. The molecular weight excluding hydrogens is 416 g/mol. The summed E-state index contributed by atoms with van der Waals surface area (Å²) in [6, 6.07) is 7.03. The lowest BCUT2D eigenvalue weighted by Crippen LogP contribution is -2.14. The smallest absolute Gasteiger partial charge is 0.295 e. The van der Waals surface area contributed by atoms with Crippen LogP contribution in [-0.2, 0) is 14.8 Å². The van der Waals surface area contributed by atoms with E-state index in [1.54, 1.807) is 0 Å². The monoisotopic (exact) mass is 431 g/mol. The van der Waals surface area contributed by atoms with Crippen LogP contribution in [0.15, 0.2) is 64.4 Å². The highest BCUT2D eigenvalue weighted by atomic mass is 32.2. The van der Waals surface area contributed by atoms with Crippen LogP contribution >= 0.6 is 0 Å². The topological polar surface area (TPSA) is 97.2 Å². The summed E-state index contributed by atoms with van der Waals surface area (Å²) in [5.74, 6) is -2.36. The summed E-state index contributed by atoms with van der Waals surface area (Å²) in [5.41, 5.74) is 0.897. The zero-order chi connectivity index (χ0) is 21.9. The number of anilines is 1. The molecule has 0 radical (unpaired) electrons. The van der Waals surface area contributed by atoms with Gasteiger partial charge in [0, 0.05) is 41.6 Å². The number of nitrogens with one attached hydrogen (secondary N) is 1. The van der Waals surface area contributed by atoms with Crippen molar-refractivity contribution in [1.82, 2.24) is 0 Å². The quantitative estimate of drug-likeness (QED) is 0.754. The van der Waals surface area contributed by atoms with Crippen molar-refractivity contribution in [2.45, 2.75) is 0 Å². The van der Waals surface area contributed by atoms with E-state index >= 15 is 0 Å². The number of aliphatic imine (C=N–C) groups is 2. The van der Waals surface area contributed by atoms with Gasteiger partial charge in [0.05, 0.1) is 0 Å². The molecule has 1 aliphatic rings. The summed E-state index contributed by atoms with van der Waals surface area (Å²) in [6.07, 6.45) is 2.69. The van der Waals surface area contributed by atoms with Gasteiger partial charge in [-0.3, -0.25) is 14.5 Å². The number of rotatable bonds is 6. The Morgan fingerprint density at radius 3 is 2.57 bits per heavy atom. The molecule has 154 valence electrons. The van der Waals surface area contributed by atoms with Crippen LogP contribution in [0.3, 0.4) is 0 Å². The summed E-state index contributed by atoms with van der Waals surface area (Å²) in [6.45, 7) is 3.23. The predicted octanol–water partition coefficient (Wildman–Crippen LogP) is 3.71. The number of hydrogen-bond donors (Lipinski definition) is 1. The van der Waals surface area contributed by atoms with Crippen LogP contribution in [0.25, 0.3) is 5.57 Å². The maximum Gasteiger partial charge on any atom is 0.295 e. The van der Waals surface area contributed by atoms with Gasteiger partial charge in [-0.15, -0.1) is 0 Å². The van der Waals surface area contributed by atoms with E-state index in [0.717, 1.165) is 17.5 Å². The molecule has 7 nitrogen and oxygen atoms in total. The second-order valence-corrected chi connectivity index (χ2v) is 7.60. The number of dihydropyridines is 1. The molecule has 3 rings (SSSR count). The normalized spacial score (nSPS) is 15.1. The fourth-order valence-electron chi connectivity index (χ4n) is 2.54. The predicted molar refractivity (Wildman–Crippen MR) is 110 cm³/mol. The summed E-state index contributed by atoms with van der Waals surface area (Å²) < 4.78 is 58.7. The maximum atomic E-state index is 14.1. The molecule has 1 heterocycles. The molecule has 0 aromatic heterocycles. The second kappa shape index (κ2) is 8.37. The van der Waals surface area contributed by atoms with Crippen molar-refractivity contribution >= 4 is 39.1 Å². The Kier molecular flexibility index (Phi) is 5.88. The number of ether oxygens (including phenoxy) is 1. The molecule has 0 bridgehead atoms. The number of carbonyl (C=O) groups is 1. The first kappa shape index (κ1) is 21.1. The van der Waals surface area contributed by atoms with E-state index in [1.807, 2.05) is 0 Å². The minimum Gasteiger partial charge on any atom is -0.454 e. The second-order valence-electron chi connectivity index (χ2n) is 5.97. The largest absolute Gasteiger partial charge is 0.454 e. The Balaban J connectivity index is 2.11. The molecule has 1 amide bonds. The van der Waals surface area contributed by atoms with Crippen LogP contribution < -0.4 is 9.46 Å². The van der Waals surface area contributed by atoms with E-state index in [-0.39, 0.29) is 22.9 Å². The number of benzene rings is 2. The van der Waals surface area contributed by atoms with Gasteiger partial charge in [-0.2, -0.15) is 0 Å². The van der Waals surface area contributed by atoms with Crippen molar-refractivity contribution < 1.29 is 26.7 Å². The fourth-order valence-corrected chi connectivity index (χ4v) is 3.08. The summed E-state index contributed by atoms with van der Waals surface area (Å²) >= 11 is 0. The Morgan fingerprint density at radius 2 is 1.90 bits per heavy atom. The number of halogens is 2. The van der Waals surface area contributed by atoms with Crippen molar-refractivity contribution in [2.24, 2.45) is 9.98 Å². The third kappa shape index (κ3) is 4.66. The summed E-state index contributed by atoms with van der Waals surface area (Å²) in [7, 11) is -2.37. The van der Waals surface area contributed by atoms with Crippen molar-refractivity contribution in [3.8, 4) is 11.5 Å². The summed E-state index contributed by atoms with van der Waals surface area (Å²) in [5, 5.41) is 0.743.